The third-order valence-electron chi connectivity index (χ3n) is 5.09. The van der Waals surface area contributed by atoms with E-state index in [0.29, 0.717) is 41.6 Å². The molecule has 0 radical (unpaired) electrons. The zero-order valence-electron chi connectivity index (χ0n) is 17.2. The van der Waals surface area contributed by atoms with Crippen LogP contribution < -0.4 is 20.9 Å². The van der Waals surface area contributed by atoms with Crippen molar-refractivity contribution in [2.75, 3.05) is 35.2 Å². The Morgan fingerprint density at radius 2 is 1.85 bits per heavy atom. The number of hydrogen-bond acceptors (Lipinski definition) is 8. The summed E-state index contributed by atoms with van der Waals surface area (Å²) in [6.45, 7) is 1.74. The van der Waals surface area contributed by atoms with Gasteiger partial charge < -0.3 is 20.9 Å². The number of halogens is 2. The van der Waals surface area contributed by atoms with Crippen molar-refractivity contribution in [1.29, 1.82) is 0 Å². The van der Waals surface area contributed by atoms with Gasteiger partial charge in [-0.3, -0.25) is 4.79 Å². The Bertz CT molecular complexity index is 1330. The molecule has 3 heterocycles. The molecule has 2 aromatic heterocycles. The van der Waals surface area contributed by atoms with Crippen molar-refractivity contribution in [2.45, 2.75) is 0 Å². The summed E-state index contributed by atoms with van der Waals surface area (Å²) in [7, 11) is 0. The number of nitrogens with one attached hydrogen (secondary N) is 3. The molecule has 1 fully saturated rings. The van der Waals surface area contributed by atoms with E-state index in [4.69, 9.17) is 11.6 Å². The first-order chi connectivity index (χ1) is 16.0. The van der Waals surface area contributed by atoms with E-state index < -0.39 is 5.82 Å². The number of carbonyl (C=O) groups excluding carboxylic acids is 1. The smallest absolute Gasteiger partial charge is 0.239 e. The monoisotopic (exact) mass is 464 g/mol. The summed E-state index contributed by atoms with van der Waals surface area (Å²) in [4.78, 5) is 31.0. The van der Waals surface area contributed by atoms with E-state index >= 15 is 0 Å². The fourth-order valence-electron chi connectivity index (χ4n) is 3.46. The molecule has 0 aliphatic carbocycles. The molecule has 1 aliphatic rings. The maximum Gasteiger partial charge on any atom is 0.239 e. The maximum absolute atomic E-state index is 13.5. The number of hydrogen-bond donors (Lipinski definition) is 3. The molecule has 5 rings (SSSR count). The molecule has 3 N–H and O–H groups in total. The van der Waals surface area contributed by atoms with E-state index in [9.17, 15) is 9.18 Å². The van der Waals surface area contributed by atoms with Crippen LogP contribution in [0.25, 0.3) is 11.0 Å². The first kappa shape index (κ1) is 20.8. The number of fused-ring (bicyclic) bond motifs is 1. The Balaban J connectivity index is 1.37. The molecule has 1 aliphatic heterocycles. The van der Waals surface area contributed by atoms with Crippen LogP contribution in [0.1, 0.15) is 0 Å². The van der Waals surface area contributed by atoms with Gasteiger partial charge in [-0.1, -0.05) is 11.6 Å². The molecule has 0 saturated carbocycles. The molecule has 0 atom stereocenters. The normalized spacial score (nSPS) is 13.6. The lowest BCUT2D eigenvalue weighted by atomic mass is 10.2. The average molecular weight is 465 g/mol. The van der Waals surface area contributed by atoms with Crippen molar-refractivity contribution in [2.24, 2.45) is 0 Å². The number of piperazine rings is 1. The van der Waals surface area contributed by atoms with Crippen LogP contribution in [0.15, 0.2) is 55.0 Å². The minimum absolute atomic E-state index is 0.00368. The number of aromatic nitrogens is 4. The van der Waals surface area contributed by atoms with Gasteiger partial charge in [-0.15, -0.1) is 0 Å². The second-order valence-electron chi connectivity index (χ2n) is 7.35. The number of anilines is 5. The van der Waals surface area contributed by atoms with Gasteiger partial charge in [0, 0.05) is 30.2 Å². The Hall–Kier alpha value is -4.05. The van der Waals surface area contributed by atoms with Gasteiger partial charge >= 0.3 is 0 Å². The highest BCUT2D eigenvalue weighted by Crippen LogP contribution is 2.26. The van der Waals surface area contributed by atoms with E-state index in [1.807, 2.05) is 29.2 Å². The SMILES string of the molecule is O=C1CN(c2ccc(Nc3ncc4ncnc(Nc5ccc(F)c(Cl)c5)c4n3)cc2)CCN1. The predicted molar refractivity (Wildman–Crippen MR) is 125 cm³/mol. The van der Waals surface area contributed by atoms with Crippen molar-refractivity contribution in [1.82, 2.24) is 25.3 Å². The molecule has 9 nitrogen and oxygen atoms in total. The molecular weight excluding hydrogens is 447 g/mol. The molecule has 1 saturated heterocycles. The predicted octanol–water partition coefficient (Wildman–Crippen LogP) is 3.64. The Morgan fingerprint density at radius 1 is 1.03 bits per heavy atom. The highest BCUT2D eigenvalue weighted by atomic mass is 35.5. The van der Waals surface area contributed by atoms with Crippen molar-refractivity contribution >= 4 is 57.4 Å². The molecule has 166 valence electrons. The van der Waals surface area contributed by atoms with Crippen LogP contribution in [0.5, 0.6) is 0 Å². The van der Waals surface area contributed by atoms with Gasteiger partial charge in [-0.05, 0) is 42.5 Å². The standard InChI is InChI=1S/C22H18ClFN8O/c23-16-9-14(3-6-17(16)24)29-21-20-18(27-12-28-21)10-26-22(31-20)30-13-1-4-15(5-2-13)32-8-7-25-19(33)11-32/h1-6,9-10,12H,7-8,11H2,(H,25,33)(H,26,30,31)(H,27,28,29). The van der Waals surface area contributed by atoms with E-state index in [1.165, 1.54) is 18.5 Å². The first-order valence-corrected chi connectivity index (χ1v) is 10.5. The number of rotatable bonds is 5. The number of benzene rings is 2. The van der Waals surface area contributed by atoms with E-state index in [-0.39, 0.29) is 10.9 Å². The van der Waals surface area contributed by atoms with Gasteiger partial charge in [0.15, 0.2) is 5.82 Å². The van der Waals surface area contributed by atoms with Crippen LogP contribution in [0.2, 0.25) is 5.02 Å². The molecule has 1 amide bonds. The average Bonchev–Trinajstić information content (AvgIpc) is 2.82. The van der Waals surface area contributed by atoms with Gasteiger partial charge in [0.1, 0.15) is 23.2 Å². The molecular formula is C22H18ClFN8O. The van der Waals surface area contributed by atoms with Crippen LogP contribution in [0.3, 0.4) is 0 Å². The lowest BCUT2D eigenvalue weighted by molar-refractivity contribution is -0.120. The second-order valence-corrected chi connectivity index (χ2v) is 7.75. The van der Waals surface area contributed by atoms with Crippen LogP contribution in [0, 0.1) is 5.82 Å². The summed E-state index contributed by atoms with van der Waals surface area (Å²) in [5, 5.41) is 9.08. The van der Waals surface area contributed by atoms with Crippen molar-refractivity contribution in [3.05, 3.63) is 65.8 Å². The van der Waals surface area contributed by atoms with Crippen molar-refractivity contribution < 1.29 is 9.18 Å². The number of nitrogens with zero attached hydrogens (tertiary/aromatic N) is 5. The molecule has 0 bridgehead atoms. The topological polar surface area (TPSA) is 108 Å². The minimum Gasteiger partial charge on any atom is -0.360 e. The lowest BCUT2D eigenvalue weighted by Gasteiger charge is -2.28. The third-order valence-corrected chi connectivity index (χ3v) is 5.38. The van der Waals surface area contributed by atoms with Crippen LogP contribution in [0.4, 0.5) is 33.2 Å². The Morgan fingerprint density at radius 3 is 2.64 bits per heavy atom. The third kappa shape index (κ3) is 4.60. The second kappa shape index (κ2) is 8.83. The zero-order valence-corrected chi connectivity index (χ0v) is 18.0. The van der Waals surface area contributed by atoms with Gasteiger partial charge in [0.25, 0.3) is 0 Å². The minimum atomic E-state index is -0.502. The van der Waals surface area contributed by atoms with Gasteiger partial charge in [0.05, 0.1) is 17.8 Å². The fraction of sp³-hybridized carbons (Fsp3) is 0.136. The highest BCUT2D eigenvalue weighted by Gasteiger charge is 2.16. The van der Waals surface area contributed by atoms with Crippen molar-refractivity contribution in [3.8, 4) is 0 Å². The fourth-order valence-corrected chi connectivity index (χ4v) is 3.64. The largest absolute Gasteiger partial charge is 0.360 e. The number of carbonyl (C=O) groups is 1. The highest BCUT2D eigenvalue weighted by molar-refractivity contribution is 6.31. The summed E-state index contributed by atoms with van der Waals surface area (Å²) in [5.74, 6) is 0.315. The molecule has 0 unspecified atom stereocenters. The number of amides is 1. The lowest BCUT2D eigenvalue weighted by Crippen LogP contribution is -2.47. The quantitative estimate of drug-likeness (QED) is 0.411. The summed E-state index contributed by atoms with van der Waals surface area (Å²) in [6, 6.07) is 12.0. The summed E-state index contributed by atoms with van der Waals surface area (Å²) in [6.07, 6.45) is 2.99. The summed E-state index contributed by atoms with van der Waals surface area (Å²) >= 11 is 5.88. The Labute approximate surface area is 193 Å². The maximum atomic E-state index is 13.5. The van der Waals surface area contributed by atoms with Gasteiger partial charge in [-0.2, -0.15) is 0 Å². The summed E-state index contributed by atoms with van der Waals surface area (Å²) in [5.41, 5.74) is 3.36. The van der Waals surface area contributed by atoms with Gasteiger partial charge in [0.2, 0.25) is 11.9 Å². The molecule has 33 heavy (non-hydrogen) atoms. The van der Waals surface area contributed by atoms with Gasteiger partial charge in [-0.25, -0.2) is 24.3 Å². The molecule has 2 aromatic carbocycles. The Kier molecular flexibility index (Phi) is 5.57. The van der Waals surface area contributed by atoms with E-state index in [1.54, 1.807) is 12.3 Å². The molecule has 11 heteroatoms. The molecule has 4 aromatic rings. The van der Waals surface area contributed by atoms with E-state index in [0.717, 1.165) is 17.9 Å². The van der Waals surface area contributed by atoms with Crippen molar-refractivity contribution in [3.63, 3.8) is 0 Å². The van der Waals surface area contributed by atoms with Crippen LogP contribution in [-0.2, 0) is 4.79 Å². The summed E-state index contributed by atoms with van der Waals surface area (Å²) < 4.78 is 13.5. The van der Waals surface area contributed by atoms with Crippen LogP contribution in [-0.4, -0.2) is 45.5 Å². The van der Waals surface area contributed by atoms with E-state index in [2.05, 4.69) is 35.9 Å². The molecule has 0 spiro atoms. The van der Waals surface area contributed by atoms with Crippen LogP contribution >= 0.6 is 11.6 Å². The first-order valence-electron chi connectivity index (χ1n) is 10.1. The zero-order chi connectivity index (χ0) is 22.8.